The van der Waals surface area contributed by atoms with Gasteiger partial charge in [-0.15, -0.1) is 24.0 Å². The average Bonchev–Trinajstić information content (AvgIpc) is 2.43. The molecule has 0 spiro atoms. The normalized spacial score (nSPS) is 10.8. The van der Waals surface area contributed by atoms with Crippen LogP contribution in [0.5, 0.6) is 0 Å². The number of aliphatic hydroxyl groups is 1. The molecule has 0 fully saturated rings. The van der Waals surface area contributed by atoms with E-state index in [1.54, 1.807) is 0 Å². The van der Waals surface area contributed by atoms with Gasteiger partial charge in [0.1, 0.15) is 0 Å². The zero-order valence-corrected chi connectivity index (χ0v) is 14.7. The van der Waals surface area contributed by atoms with Gasteiger partial charge in [0.2, 0.25) is 0 Å². The lowest BCUT2D eigenvalue weighted by atomic mass is 10.1. The summed E-state index contributed by atoms with van der Waals surface area (Å²) < 4.78 is 0. The number of hydrogen-bond acceptors (Lipinski definition) is 2. The van der Waals surface area contributed by atoms with E-state index in [2.05, 4.69) is 53.7 Å². The second-order valence-corrected chi connectivity index (χ2v) is 4.58. The van der Waals surface area contributed by atoms with Gasteiger partial charge in [0.05, 0.1) is 13.2 Å². The van der Waals surface area contributed by atoms with Crippen molar-refractivity contribution in [2.45, 2.75) is 33.2 Å². The van der Waals surface area contributed by atoms with Gasteiger partial charge in [0.25, 0.3) is 0 Å². The minimum absolute atomic E-state index is 0. The zero-order valence-electron chi connectivity index (χ0n) is 12.4. The number of hydrogen-bond donors (Lipinski definition) is 3. The second kappa shape index (κ2) is 12.0. The molecule has 0 amide bonds. The summed E-state index contributed by atoms with van der Waals surface area (Å²) in [6, 6.07) is 8.37. The summed E-state index contributed by atoms with van der Waals surface area (Å²) in [6.07, 6.45) is 2.27. The van der Waals surface area contributed by atoms with E-state index < -0.39 is 0 Å². The molecule has 0 unspecified atom stereocenters. The lowest BCUT2D eigenvalue weighted by Gasteiger charge is -2.11. The Morgan fingerprint density at radius 3 is 2.40 bits per heavy atom. The van der Waals surface area contributed by atoms with Gasteiger partial charge in [-0.3, -0.25) is 0 Å². The molecule has 4 nitrogen and oxygen atoms in total. The maximum absolute atomic E-state index is 8.86. The van der Waals surface area contributed by atoms with Crippen molar-refractivity contribution < 1.29 is 5.11 Å². The first-order chi connectivity index (χ1) is 9.26. The van der Waals surface area contributed by atoms with E-state index in [9.17, 15) is 0 Å². The molecular formula is C15H26IN3O. The van der Waals surface area contributed by atoms with E-state index >= 15 is 0 Å². The van der Waals surface area contributed by atoms with E-state index in [1.807, 2.05) is 0 Å². The molecule has 114 valence electrons. The standard InChI is InChI=1S/C15H25N3O.HI/c1-3-4-9-16-15(17-10-11-19)18-12-14-7-5-13(2)6-8-14;/h5-8,19H,3-4,9-12H2,1-2H3,(H2,16,17,18);1H. The Kier molecular flexibility index (Phi) is 11.5. The Hall–Kier alpha value is -0.820. The highest BCUT2D eigenvalue weighted by Crippen LogP contribution is 2.04. The number of unbranched alkanes of at least 4 members (excludes halogenated alkanes) is 1. The van der Waals surface area contributed by atoms with Crippen molar-refractivity contribution in [2.24, 2.45) is 4.99 Å². The Morgan fingerprint density at radius 2 is 1.80 bits per heavy atom. The molecule has 1 aromatic carbocycles. The smallest absolute Gasteiger partial charge is 0.191 e. The molecule has 1 aromatic rings. The van der Waals surface area contributed by atoms with E-state index in [4.69, 9.17) is 5.11 Å². The van der Waals surface area contributed by atoms with Crippen molar-refractivity contribution >= 4 is 29.9 Å². The minimum Gasteiger partial charge on any atom is -0.395 e. The summed E-state index contributed by atoms with van der Waals surface area (Å²) in [6.45, 7) is 6.42. The summed E-state index contributed by atoms with van der Waals surface area (Å²) in [7, 11) is 0. The van der Waals surface area contributed by atoms with Crippen LogP contribution in [0.3, 0.4) is 0 Å². The van der Waals surface area contributed by atoms with Crippen LogP contribution in [-0.4, -0.2) is 30.8 Å². The van der Waals surface area contributed by atoms with Crippen LogP contribution < -0.4 is 10.6 Å². The second-order valence-electron chi connectivity index (χ2n) is 4.58. The number of aliphatic imine (C=N–C) groups is 1. The van der Waals surface area contributed by atoms with E-state index in [0.29, 0.717) is 13.1 Å². The summed E-state index contributed by atoms with van der Waals surface area (Å²) in [5.41, 5.74) is 2.44. The molecule has 0 bridgehead atoms. The number of benzene rings is 1. The fourth-order valence-electron chi connectivity index (χ4n) is 1.60. The third-order valence-corrected chi connectivity index (χ3v) is 2.77. The van der Waals surface area contributed by atoms with Crippen molar-refractivity contribution in [3.05, 3.63) is 35.4 Å². The summed E-state index contributed by atoms with van der Waals surface area (Å²) in [4.78, 5) is 4.52. The molecule has 0 heterocycles. The first-order valence-electron chi connectivity index (χ1n) is 6.95. The highest BCUT2D eigenvalue weighted by molar-refractivity contribution is 14.0. The van der Waals surface area contributed by atoms with Gasteiger partial charge in [0.15, 0.2) is 5.96 Å². The maximum Gasteiger partial charge on any atom is 0.191 e. The molecular weight excluding hydrogens is 365 g/mol. The van der Waals surface area contributed by atoms with Crippen LogP contribution in [0.1, 0.15) is 30.9 Å². The number of nitrogens with zero attached hydrogens (tertiary/aromatic N) is 1. The van der Waals surface area contributed by atoms with Gasteiger partial charge in [-0.05, 0) is 18.9 Å². The van der Waals surface area contributed by atoms with Gasteiger partial charge in [-0.25, -0.2) is 4.99 Å². The van der Waals surface area contributed by atoms with Gasteiger partial charge in [0, 0.05) is 13.1 Å². The van der Waals surface area contributed by atoms with Crippen molar-refractivity contribution in [3.8, 4) is 0 Å². The maximum atomic E-state index is 8.86. The van der Waals surface area contributed by atoms with Crippen LogP contribution in [0.4, 0.5) is 0 Å². The molecule has 0 saturated carbocycles. The van der Waals surface area contributed by atoms with Crippen LogP contribution in [0.2, 0.25) is 0 Å². The number of guanidine groups is 1. The number of aliphatic hydroxyl groups excluding tert-OH is 1. The molecule has 0 aromatic heterocycles. The molecule has 5 heteroatoms. The number of halogens is 1. The van der Waals surface area contributed by atoms with Gasteiger partial charge >= 0.3 is 0 Å². The fraction of sp³-hybridized carbons (Fsp3) is 0.533. The van der Waals surface area contributed by atoms with Crippen molar-refractivity contribution in [1.29, 1.82) is 0 Å². The lowest BCUT2D eigenvalue weighted by Crippen LogP contribution is -2.39. The largest absolute Gasteiger partial charge is 0.395 e. The van der Waals surface area contributed by atoms with Gasteiger partial charge in [-0.2, -0.15) is 0 Å². The van der Waals surface area contributed by atoms with Crippen molar-refractivity contribution in [3.63, 3.8) is 0 Å². The van der Waals surface area contributed by atoms with Crippen molar-refractivity contribution in [1.82, 2.24) is 10.6 Å². The van der Waals surface area contributed by atoms with Gasteiger partial charge < -0.3 is 15.7 Å². The first kappa shape index (κ1) is 19.2. The third kappa shape index (κ3) is 8.37. The van der Waals surface area contributed by atoms with Crippen LogP contribution in [0.25, 0.3) is 0 Å². The van der Waals surface area contributed by atoms with Crippen molar-refractivity contribution in [2.75, 3.05) is 19.7 Å². The molecule has 20 heavy (non-hydrogen) atoms. The predicted molar refractivity (Wildman–Crippen MR) is 95.7 cm³/mol. The van der Waals surface area contributed by atoms with Crippen LogP contribution in [0, 0.1) is 6.92 Å². The van der Waals surface area contributed by atoms with E-state index in [1.165, 1.54) is 11.1 Å². The lowest BCUT2D eigenvalue weighted by molar-refractivity contribution is 0.300. The molecule has 0 radical (unpaired) electrons. The zero-order chi connectivity index (χ0) is 13.9. The van der Waals surface area contributed by atoms with E-state index in [0.717, 1.165) is 25.3 Å². The molecule has 0 atom stereocenters. The highest BCUT2D eigenvalue weighted by Gasteiger charge is 1.97. The van der Waals surface area contributed by atoms with Gasteiger partial charge in [-0.1, -0.05) is 43.2 Å². The van der Waals surface area contributed by atoms with Crippen LogP contribution in [-0.2, 0) is 6.54 Å². The number of nitrogens with one attached hydrogen (secondary N) is 2. The summed E-state index contributed by atoms with van der Waals surface area (Å²) in [5.74, 6) is 0.767. The molecule has 0 aliphatic heterocycles. The van der Waals surface area contributed by atoms with Crippen LogP contribution in [0.15, 0.2) is 29.3 Å². The Balaban J connectivity index is 0.00000361. The quantitative estimate of drug-likeness (QED) is 0.290. The monoisotopic (exact) mass is 391 g/mol. The minimum atomic E-state index is 0. The third-order valence-electron chi connectivity index (χ3n) is 2.77. The first-order valence-corrected chi connectivity index (χ1v) is 6.95. The fourth-order valence-corrected chi connectivity index (χ4v) is 1.60. The predicted octanol–water partition coefficient (Wildman–Crippen LogP) is 2.44. The average molecular weight is 391 g/mol. The number of rotatable bonds is 7. The molecule has 0 aliphatic carbocycles. The Labute approximate surface area is 139 Å². The Bertz CT molecular complexity index is 379. The summed E-state index contributed by atoms with van der Waals surface area (Å²) in [5, 5.41) is 15.2. The molecule has 0 saturated heterocycles. The SMILES string of the molecule is CCCCNC(=NCc1ccc(C)cc1)NCCO.I. The summed E-state index contributed by atoms with van der Waals surface area (Å²) >= 11 is 0. The van der Waals surface area contributed by atoms with E-state index in [-0.39, 0.29) is 30.6 Å². The highest BCUT2D eigenvalue weighted by atomic mass is 127. The Morgan fingerprint density at radius 1 is 1.15 bits per heavy atom. The molecule has 0 aliphatic rings. The number of aryl methyl sites for hydroxylation is 1. The topological polar surface area (TPSA) is 56.7 Å². The molecule has 3 N–H and O–H groups in total. The molecule has 1 rings (SSSR count). The van der Waals surface area contributed by atoms with Crippen LogP contribution >= 0.6 is 24.0 Å².